The van der Waals surface area contributed by atoms with E-state index in [4.69, 9.17) is 11.6 Å². The van der Waals surface area contributed by atoms with E-state index in [1.807, 2.05) is 0 Å². The lowest BCUT2D eigenvalue weighted by molar-refractivity contribution is -0.387. The lowest BCUT2D eigenvalue weighted by Crippen LogP contribution is -2.27. The summed E-state index contributed by atoms with van der Waals surface area (Å²) in [6.45, 7) is 0.826. The van der Waals surface area contributed by atoms with Crippen molar-refractivity contribution < 1.29 is 13.3 Å². The monoisotopic (exact) mass is 343 g/mol. The molecule has 20 heavy (non-hydrogen) atoms. The molecular weight excluding hydrogens is 329 g/mol. The third-order valence-electron chi connectivity index (χ3n) is 2.30. The van der Waals surface area contributed by atoms with E-state index in [1.165, 1.54) is 6.07 Å². The summed E-state index contributed by atoms with van der Waals surface area (Å²) < 4.78 is 26.3. The van der Waals surface area contributed by atoms with E-state index in [-0.39, 0.29) is 24.0 Å². The van der Waals surface area contributed by atoms with E-state index >= 15 is 0 Å². The SMILES string of the molecule is CNCCCNS(=O)(=O)c1cc(Cl)ccc1[N+](=O)[O-].Cl. The summed E-state index contributed by atoms with van der Waals surface area (Å²) >= 11 is 5.69. The maximum absolute atomic E-state index is 12.0. The van der Waals surface area contributed by atoms with Crippen LogP contribution in [0.1, 0.15) is 6.42 Å². The number of nitrogens with zero attached hydrogens (tertiary/aromatic N) is 1. The van der Waals surface area contributed by atoms with E-state index in [2.05, 4.69) is 10.0 Å². The first-order chi connectivity index (χ1) is 8.88. The summed E-state index contributed by atoms with van der Waals surface area (Å²) in [7, 11) is -2.20. The quantitative estimate of drug-likeness (QED) is 0.444. The maximum atomic E-state index is 12.0. The van der Waals surface area contributed by atoms with E-state index in [0.717, 1.165) is 12.1 Å². The number of nitrogens with one attached hydrogen (secondary N) is 2. The zero-order chi connectivity index (χ0) is 14.5. The second kappa shape index (κ2) is 8.38. The van der Waals surface area contributed by atoms with Crippen LogP contribution in [0, 0.1) is 10.1 Å². The number of nitro groups is 1. The summed E-state index contributed by atoms with van der Waals surface area (Å²) in [5, 5.41) is 13.8. The molecule has 0 fully saturated rings. The van der Waals surface area contributed by atoms with Crippen molar-refractivity contribution in [2.24, 2.45) is 0 Å². The number of nitro benzene ring substituents is 1. The van der Waals surface area contributed by atoms with E-state index in [9.17, 15) is 18.5 Å². The normalized spacial score (nSPS) is 10.9. The fraction of sp³-hybridized carbons (Fsp3) is 0.400. The highest BCUT2D eigenvalue weighted by Crippen LogP contribution is 2.26. The Morgan fingerprint density at radius 2 is 2.00 bits per heavy atom. The van der Waals surface area contributed by atoms with Crippen LogP contribution in [0.15, 0.2) is 23.1 Å². The van der Waals surface area contributed by atoms with Crippen LogP contribution in [0.2, 0.25) is 5.02 Å². The second-order valence-electron chi connectivity index (χ2n) is 3.72. The minimum Gasteiger partial charge on any atom is -0.320 e. The molecule has 0 aliphatic carbocycles. The molecule has 0 saturated heterocycles. The highest BCUT2D eigenvalue weighted by molar-refractivity contribution is 7.89. The Hall–Kier alpha value is -0.930. The largest absolute Gasteiger partial charge is 0.320 e. The smallest absolute Gasteiger partial charge is 0.289 e. The Balaban J connectivity index is 0.00000361. The number of sulfonamides is 1. The summed E-state index contributed by atoms with van der Waals surface area (Å²) in [6.07, 6.45) is 0.574. The van der Waals surface area contributed by atoms with Crippen molar-refractivity contribution in [3.05, 3.63) is 33.3 Å². The third kappa shape index (κ3) is 5.22. The molecule has 0 bridgehead atoms. The molecule has 1 aromatic rings. The van der Waals surface area contributed by atoms with Crippen LogP contribution in [-0.2, 0) is 10.0 Å². The molecule has 0 aliphatic heterocycles. The number of hydrogen-bond acceptors (Lipinski definition) is 5. The Labute approximate surface area is 128 Å². The van der Waals surface area contributed by atoms with Gasteiger partial charge in [-0.1, -0.05) is 11.6 Å². The Bertz CT molecular complexity index is 566. The van der Waals surface area contributed by atoms with Crippen molar-refractivity contribution in [3.63, 3.8) is 0 Å². The minimum absolute atomic E-state index is 0. The van der Waals surface area contributed by atoms with E-state index in [1.54, 1.807) is 7.05 Å². The van der Waals surface area contributed by atoms with Crippen LogP contribution in [0.4, 0.5) is 5.69 Å². The van der Waals surface area contributed by atoms with Crippen molar-refractivity contribution in [2.75, 3.05) is 20.1 Å². The number of benzene rings is 1. The summed E-state index contributed by atoms with van der Waals surface area (Å²) in [6, 6.07) is 3.42. The fourth-order valence-corrected chi connectivity index (χ4v) is 2.91. The van der Waals surface area contributed by atoms with Gasteiger partial charge in [0.1, 0.15) is 0 Å². The molecule has 0 unspecified atom stereocenters. The molecule has 0 aromatic heterocycles. The van der Waals surface area contributed by atoms with Gasteiger partial charge in [-0.2, -0.15) is 0 Å². The van der Waals surface area contributed by atoms with Gasteiger partial charge >= 0.3 is 0 Å². The predicted molar refractivity (Wildman–Crippen MR) is 79.1 cm³/mol. The maximum Gasteiger partial charge on any atom is 0.289 e. The molecule has 1 aromatic carbocycles. The molecule has 0 heterocycles. The van der Waals surface area contributed by atoms with Crippen LogP contribution in [0.25, 0.3) is 0 Å². The van der Waals surface area contributed by atoms with Gasteiger partial charge in [-0.05, 0) is 32.1 Å². The molecule has 0 amide bonds. The lowest BCUT2D eigenvalue weighted by atomic mass is 10.3. The minimum atomic E-state index is -3.94. The molecule has 114 valence electrons. The van der Waals surface area contributed by atoms with E-state index in [0.29, 0.717) is 13.0 Å². The molecule has 0 saturated carbocycles. The molecule has 0 atom stereocenters. The van der Waals surface area contributed by atoms with Gasteiger partial charge in [0, 0.05) is 17.6 Å². The molecule has 0 aliphatic rings. The average molecular weight is 344 g/mol. The molecular formula is C10H15Cl2N3O4S. The summed E-state index contributed by atoms with van der Waals surface area (Å²) in [5.74, 6) is 0. The Morgan fingerprint density at radius 3 is 2.55 bits per heavy atom. The van der Waals surface area contributed by atoms with Gasteiger partial charge < -0.3 is 5.32 Å². The van der Waals surface area contributed by atoms with Gasteiger partial charge in [0.05, 0.1) is 4.92 Å². The topological polar surface area (TPSA) is 101 Å². The lowest BCUT2D eigenvalue weighted by Gasteiger charge is -2.07. The van der Waals surface area contributed by atoms with Gasteiger partial charge in [-0.15, -0.1) is 12.4 Å². The van der Waals surface area contributed by atoms with Gasteiger partial charge in [-0.25, -0.2) is 13.1 Å². The molecule has 0 spiro atoms. The van der Waals surface area contributed by atoms with Gasteiger partial charge in [0.25, 0.3) is 5.69 Å². The number of rotatable bonds is 7. The van der Waals surface area contributed by atoms with Crippen molar-refractivity contribution in [2.45, 2.75) is 11.3 Å². The van der Waals surface area contributed by atoms with Crippen LogP contribution in [0.5, 0.6) is 0 Å². The predicted octanol–water partition coefficient (Wildman–Crippen LogP) is 1.56. The van der Waals surface area contributed by atoms with Crippen molar-refractivity contribution in [3.8, 4) is 0 Å². The molecule has 0 radical (unpaired) electrons. The van der Waals surface area contributed by atoms with Gasteiger partial charge in [0.2, 0.25) is 10.0 Å². The van der Waals surface area contributed by atoms with Crippen molar-refractivity contribution >= 4 is 39.7 Å². The fourth-order valence-electron chi connectivity index (χ4n) is 1.40. The summed E-state index contributed by atoms with van der Waals surface area (Å²) in [4.78, 5) is 9.64. The number of hydrogen-bond donors (Lipinski definition) is 2. The second-order valence-corrected chi connectivity index (χ2v) is 5.90. The Morgan fingerprint density at radius 1 is 1.35 bits per heavy atom. The summed E-state index contributed by atoms with van der Waals surface area (Å²) in [5.41, 5.74) is -0.495. The third-order valence-corrected chi connectivity index (χ3v) is 4.03. The van der Waals surface area contributed by atoms with Gasteiger partial charge in [0.15, 0.2) is 4.90 Å². The first-order valence-corrected chi connectivity index (χ1v) is 7.33. The molecule has 10 heteroatoms. The van der Waals surface area contributed by atoms with Crippen molar-refractivity contribution in [1.82, 2.24) is 10.0 Å². The highest BCUT2D eigenvalue weighted by Gasteiger charge is 2.25. The first kappa shape index (κ1) is 19.1. The van der Waals surface area contributed by atoms with Crippen LogP contribution >= 0.6 is 24.0 Å². The van der Waals surface area contributed by atoms with E-state index < -0.39 is 25.5 Å². The zero-order valence-corrected chi connectivity index (χ0v) is 13.0. The molecule has 1 rings (SSSR count). The standard InChI is InChI=1S/C10H14ClN3O4S.ClH/c1-12-5-2-6-13-19(17,18)10-7-8(11)3-4-9(10)14(15)16;/h3-4,7,12-13H,2,5-6H2,1H3;1H. The molecule has 7 nitrogen and oxygen atoms in total. The highest BCUT2D eigenvalue weighted by atomic mass is 35.5. The average Bonchev–Trinajstić information content (AvgIpc) is 2.34. The van der Waals surface area contributed by atoms with Crippen LogP contribution in [-0.4, -0.2) is 33.5 Å². The molecule has 2 N–H and O–H groups in total. The van der Waals surface area contributed by atoms with Gasteiger partial charge in [-0.3, -0.25) is 10.1 Å². The van der Waals surface area contributed by atoms with Crippen molar-refractivity contribution in [1.29, 1.82) is 0 Å². The van der Waals surface area contributed by atoms with Crippen LogP contribution < -0.4 is 10.0 Å². The first-order valence-electron chi connectivity index (χ1n) is 5.46. The zero-order valence-electron chi connectivity index (χ0n) is 10.6. The Kier molecular flexibility index (Phi) is 7.99. The number of halogens is 2. The van der Waals surface area contributed by atoms with Crippen LogP contribution in [0.3, 0.4) is 0 Å².